The van der Waals surface area contributed by atoms with Crippen molar-refractivity contribution in [2.24, 2.45) is 5.92 Å². The molecule has 1 heterocycles. The molecule has 5 heteroatoms. The highest BCUT2D eigenvalue weighted by molar-refractivity contribution is 5.87. The number of aromatic nitrogens is 1. The predicted octanol–water partition coefficient (Wildman–Crippen LogP) is 2.37. The maximum Gasteiger partial charge on any atom is 0.335 e. The molecule has 1 fully saturated rings. The second-order valence-corrected chi connectivity index (χ2v) is 5.33. The van der Waals surface area contributed by atoms with Gasteiger partial charge in [-0.25, -0.2) is 4.79 Å². The van der Waals surface area contributed by atoms with E-state index in [9.17, 15) is 9.59 Å². The Balaban J connectivity index is 1.80. The van der Waals surface area contributed by atoms with Crippen LogP contribution in [0.2, 0.25) is 0 Å². The average Bonchev–Trinajstić information content (AvgIpc) is 2.46. The van der Waals surface area contributed by atoms with Crippen molar-refractivity contribution in [3.05, 3.63) is 29.6 Å². The van der Waals surface area contributed by atoms with E-state index in [4.69, 9.17) is 5.11 Å². The van der Waals surface area contributed by atoms with Crippen molar-refractivity contribution >= 4 is 11.9 Å². The summed E-state index contributed by atoms with van der Waals surface area (Å²) in [5, 5.41) is 11.7. The highest BCUT2D eigenvalue weighted by Crippen LogP contribution is 2.26. The lowest BCUT2D eigenvalue weighted by atomic mass is 9.87. The van der Waals surface area contributed by atoms with Gasteiger partial charge in [0.2, 0.25) is 5.91 Å². The number of carbonyl (C=O) groups excluding carboxylic acids is 1. The summed E-state index contributed by atoms with van der Waals surface area (Å²) < 4.78 is 0. The Morgan fingerprint density at radius 1 is 1.30 bits per heavy atom. The molecule has 0 spiro atoms. The van der Waals surface area contributed by atoms with Crippen LogP contribution in [0.25, 0.3) is 0 Å². The van der Waals surface area contributed by atoms with Crippen molar-refractivity contribution in [3.63, 3.8) is 0 Å². The zero-order valence-corrected chi connectivity index (χ0v) is 11.5. The van der Waals surface area contributed by atoms with E-state index in [1.165, 1.54) is 37.6 Å². The molecule has 1 aliphatic rings. The van der Waals surface area contributed by atoms with Crippen LogP contribution in [-0.2, 0) is 11.3 Å². The summed E-state index contributed by atoms with van der Waals surface area (Å²) >= 11 is 0. The zero-order chi connectivity index (χ0) is 14.4. The summed E-state index contributed by atoms with van der Waals surface area (Å²) in [5.74, 6) is -0.455. The monoisotopic (exact) mass is 276 g/mol. The molecule has 0 radical (unpaired) electrons. The first-order valence-electron chi connectivity index (χ1n) is 7.10. The van der Waals surface area contributed by atoms with Crippen molar-refractivity contribution in [1.82, 2.24) is 10.3 Å². The summed E-state index contributed by atoms with van der Waals surface area (Å²) in [5.41, 5.74) is 0.762. The molecule has 1 aliphatic carbocycles. The summed E-state index contributed by atoms with van der Waals surface area (Å²) in [4.78, 5) is 26.7. The van der Waals surface area contributed by atoms with Gasteiger partial charge in [-0.15, -0.1) is 0 Å². The number of nitrogens with one attached hydrogen (secondary N) is 1. The van der Waals surface area contributed by atoms with Crippen LogP contribution < -0.4 is 5.32 Å². The highest BCUT2D eigenvalue weighted by Gasteiger charge is 2.16. The van der Waals surface area contributed by atoms with E-state index in [2.05, 4.69) is 10.3 Å². The standard InChI is InChI=1S/C15H20N2O3/c18-14(8-11-4-2-1-3-5-11)17-10-13-9-12(15(19)20)6-7-16-13/h6-7,9,11H,1-5,8,10H2,(H,17,18)(H,19,20). The Morgan fingerprint density at radius 2 is 2.05 bits per heavy atom. The Kier molecular flexibility index (Phi) is 5.09. The highest BCUT2D eigenvalue weighted by atomic mass is 16.4. The molecule has 2 rings (SSSR count). The molecule has 1 aromatic rings. The molecule has 2 N–H and O–H groups in total. The van der Waals surface area contributed by atoms with Gasteiger partial charge in [0, 0.05) is 12.6 Å². The van der Waals surface area contributed by atoms with Crippen molar-refractivity contribution in [2.45, 2.75) is 45.1 Å². The zero-order valence-electron chi connectivity index (χ0n) is 11.5. The average molecular weight is 276 g/mol. The van der Waals surface area contributed by atoms with E-state index in [1.807, 2.05) is 0 Å². The van der Waals surface area contributed by atoms with Gasteiger partial charge in [-0.2, -0.15) is 0 Å². The molecule has 0 aliphatic heterocycles. The molecule has 20 heavy (non-hydrogen) atoms. The number of carboxylic acids is 1. The molecular formula is C15H20N2O3. The second-order valence-electron chi connectivity index (χ2n) is 5.33. The molecule has 1 aromatic heterocycles. The van der Waals surface area contributed by atoms with Crippen LogP contribution in [-0.4, -0.2) is 22.0 Å². The third-order valence-corrected chi connectivity index (χ3v) is 3.73. The minimum atomic E-state index is -0.984. The Hall–Kier alpha value is -1.91. The molecule has 1 amide bonds. The number of amides is 1. The van der Waals surface area contributed by atoms with E-state index in [0.717, 1.165) is 12.8 Å². The molecule has 0 saturated heterocycles. The van der Waals surface area contributed by atoms with Crippen LogP contribution in [0.3, 0.4) is 0 Å². The normalized spacial score (nSPS) is 15.8. The predicted molar refractivity (Wildman–Crippen MR) is 74.2 cm³/mol. The summed E-state index contributed by atoms with van der Waals surface area (Å²) in [6, 6.07) is 2.93. The first-order chi connectivity index (χ1) is 9.65. The number of pyridine rings is 1. The smallest absolute Gasteiger partial charge is 0.335 e. The lowest BCUT2D eigenvalue weighted by Crippen LogP contribution is -2.26. The van der Waals surface area contributed by atoms with E-state index in [-0.39, 0.29) is 18.0 Å². The van der Waals surface area contributed by atoms with Crippen molar-refractivity contribution in [2.75, 3.05) is 0 Å². The molecule has 108 valence electrons. The molecular weight excluding hydrogens is 256 g/mol. The molecule has 1 saturated carbocycles. The van der Waals surface area contributed by atoms with Crippen LogP contribution in [0.15, 0.2) is 18.3 Å². The van der Waals surface area contributed by atoms with E-state index in [0.29, 0.717) is 18.0 Å². The summed E-state index contributed by atoms with van der Waals surface area (Å²) in [6.07, 6.45) is 8.02. The van der Waals surface area contributed by atoms with Crippen LogP contribution in [0.1, 0.15) is 54.6 Å². The van der Waals surface area contributed by atoms with Gasteiger partial charge >= 0.3 is 5.97 Å². The maximum absolute atomic E-state index is 11.8. The van der Waals surface area contributed by atoms with Crippen LogP contribution in [0.4, 0.5) is 0 Å². The number of aromatic carboxylic acids is 1. The van der Waals surface area contributed by atoms with Gasteiger partial charge in [-0.05, 0) is 30.9 Å². The minimum Gasteiger partial charge on any atom is -0.478 e. The molecule has 0 atom stereocenters. The summed E-state index contributed by atoms with van der Waals surface area (Å²) in [7, 11) is 0. The van der Waals surface area contributed by atoms with Crippen molar-refractivity contribution in [1.29, 1.82) is 0 Å². The topological polar surface area (TPSA) is 79.3 Å². The molecule has 5 nitrogen and oxygen atoms in total. The Bertz CT molecular complexity index is 482. The SMILES string of the molecule is O=C(CC1CCCCC1)NCc1cc(C(=O)O)ccn1. The number of hydrogen-bond donors (Lipinski definition) is 2. The number of nitrogens with zero attached hydrogens (tertiary/aromatic N) is 1. The van der Waals surface area contributed by atoms with Gasteiger partial charge in [-0.1, -0.05) is 19.3 Å². The van der Waals surface area contributed by atoms with Gasteiger partial charge in [0.15, 0.2) is 0 Å². The maximum atomic E-state index is 11.8. The van der Waals surface area contributed by atoms with Crippen molar-refractivity contribution < 1.29 is 14.7 Å². The van der Waals surface area contributed by atoms with Gasteiger partial charge < -0.3 is 10.4 Å². The van der Waals surface area contributed by atoms with Crippen LogP contribution in [0.5, 0.6) is 0 Å². The lowest BCUT2D eigenvalue weighted by molar-refractivity contribution is -0.122. The van der Waals surface area contributed by atoms with Crippen LogP contribution >= 0.6 is 0 Å². The van der Waals surface area contributed by atoms with Gasteiger partial charge in [-0.3, -0.25) is 9.78 Å². The van der Waals surface area contributed by atoms with E-state index in [1.54, 1.807) is 0 Å². The fourth-order valence-corrected chi connectivity index (χ4v) is 2.62. The van der Waals surface area contributed by atoms with E-state index < -0.39 is 5.97 Å². The third kappa shape index (κ3) is 4.33. The quantitative estimate of drug-likeness (QED) is 0.865. The largest absolute Gasteiger partial charge is 0.478 e. The number of hydrogen-bond acceptors (Lipinski definition) is 3. The Morgan fingerprint density at radius 3 is 2.75 bits per heavy atom. The number of rotatable bonds is 5. The van der Waals surface area contributed by atoms with E-state index >= 15 is 0 Å². The van der Waals surface area contributed by atoms with Crippen LogP contribution in [0, 0.1) is 5.92 Å². The first-order valence-corrected chi connectivity index (χ1v) is 7.10. The molecule has 0 aromatic carbocycles. The van der Waals surface area contributed by atoms with Gasteiger partial charge in [0.1, 0.15) is 0 Å². The van der Waals surface area contributed by atoms with Gasteiger partial charge in [0.05, 0.1) is 17.8 Å². The minimum absolute atomic E-state index is 0.0272. The molecule has 0 unspecified atom stereocenters. The summed E-state index contributed by atoms with van der Waals surface area (Å²) in [6.45, 7) is 0.284. The Labute approximate surface area is 118 Å². The second kappa shape index (κ2) is 7.03. The third-order valence-electron chi connectivity index (χ3n) is 3.73. The fourth-order valence-electron chi connectivity index (χ4n) is 2.62. The number of carboxylic acid groups (broad SMARTS) is 1. The number of carbonyl (C=O) groups is 2. The van der Waals surface area contributed by atoms with Crippen molar-refractivity contribution in [3.8, 4) is 0 Å². The molecule has 0 bridgehead atoms. The fraction of sp³-hybridized carbons (Fsp3) is 0.533. The lowest BCUT2D eigenvalue weighted by Gasteiger charge is -2.20. The van der Waals surface area contributed by atoms with Gasteiger partial charge in [0.25, 0.3) is 0 Å². The first kappa shape index (κ1) is 14.5.